The Kier molecular flexibility index (Phi) is 4.74. The summed E-state index contributed by atoms with van der Waals surface area (Å²) in [6.45, 7) is 0.208. The molecule has 0 bridgehead atoms. The van der Waals surface area contributed by atoms with E-state index in [1.807, 2.05) is 0 Å². The predicted molar refractivity (Wildman–Crippen MR) is 99.1 cm³/mol. The molecule has 0 unspecified atom stereocenters. The van der Waals surface area contributed by atoms with E-state index in [9.17, 15) is 17.6 Å². The molecule has 0 heterocycles. The molecule has 2 aliphatic rings. The molecule has 27 heavy (non-hydrogen) atoms. The third kappa shape index (κ3) is 4.20. The lowest BCUT2D eigenvalue weighted by Gasteiger charge is -2.23. The number of hydrogen-bond donors (Lipinski definition) is 1. The lowest BCUT2D eigenvalue weighted by Crippen LogP contribution is -2.33. The van der Waals surface area contributed by atoms with Gasteiger partial charge in [0.15, 0.2) is 0 Å². The van der Waals surface area contributed by atoms with Gasteiger partial charge in [-0.05, 0) is 56.0 Å². The highest BCUT2D eigenvalue weighted by atomic mass is 32.2. The van der Waals surface area contributed by atoms with Crippen LogP contribution in [-0.4, -0.2) is 31.3 Å². The van der Waals surface area contributed by atoms with Crippen molar-refractivity contribution >= 4 is 15.9 Å². The van der Waals surface area contributed by atoms with E-state index in [1.165, 1.54) is 30.3 Å². The van der Waals surface area contributed by atoms with Crippen molar-refractivity contribution in [2.24, 2.45) is 0 Å². The third-order valence-electron chi connectivity index (χ3n) is 4.86. The van der Waals surface area contributed by atoms with Crippen LogP contribution in [0.15, 0.2) is 53.4 Å². The molecule has 0 saturated heterocycles. The van der Waals surface area contributed by atoms with Gasteiger partial charge in [-0.1, -0.05) is 18.2 Å². The number of carbonyl (C=O) groups is 1. The Labute approximate surface area is 158 Å². The Balaban J connectivity index is 1.52. The predicted octanol–water partition coefficient (Wildman–Crippen LogP) is 3.07. The highest BCUT2D eigenvalue weighted by molar-refractivity contribution is 7.89. The summed E-state index contributed by atoms with van der Waals surface area (Å²) in [5, 5.41) is 0. The van der Waals surface area contributed by atoms with Crippen LogP contribution in [0, 0.1) is 5.82 Å². The second-order valence-corrected chi connectivity index (χ2v) is 8.89. The summed E-state index contributed by atoms with van der Waals surface area (Å²) in [7, 11) is -3.54. The van der Waals surface area contributed by atoms with E-state index in [0.717, 1.165) is 25.7 Å². The van der Waals surface area contributed by atoms with Crippen molar-refractivity contribution in [1.29, 1.82) is 0 Å². The van der Waals surface area contributed by atoms with Crippen molar-refractivity contribution in [3.8, 4) is 0 Å². The number of rotatable bonds is 7. The molecule has 0 atom stereocenters. The number of carbonyl (C=O) groups excluding carboxylic acids is 1. The van der Waals surface area contributed by atoms with Crippen molar-refractivity contribution in [3.63, 3.8) is 0 Å². The molecule has 2 aliphatic carbocycles. The van der Waals surface area contributed by atoms with E-state index in [0.29, 0.717) is 11.1 Å². The maximum atomic E-state index is 14.0. The standard InChI is InChI=1S/C20H21FN2O3S/c21-19-4-2-1-3-15(19)13-23(17-9-10-17)20(24)14-5-11-18(12-6-14)27(25,26)22-16-7-8-16/h1-6,11-12,16-17,22H,7-10,13H2. The maximum Gasteiger partial charge on any atom is 0.254 e. The molecule has 2 fully saturated rings. The van der Waals surface area contributed by atoms with Crippen LogP contribution in [0.1, 0.15) is 41.6 Å². The number of sulfonamides is 1. The van der Waals surface area contributed by atoms with Crippen molar-refractivity contribution in [3.05, 3.63) is 65.5 Å². The largest absolute Gasteiger partial charge is 0.331 e. The molecule has 5 nitrogen and oxygen atoms in total. The second-order valence-electron chi connectivity index (χ2n) is 7.18. The van der Waals surface area contributed by atoms with Gasteiger partial charge in [0.05, 0.1) is 4.90 Å². The van der Waals surface area contributed by atoms with Gasteiger partial charge in [-0.2, -0.15) is 0 Å². The van der Waals surface area contributed by atoms with Gasteiger partial charge in [-0.25, -0.2) is 17.5 Å². The Morgan fingerprint density at radius 2 is 1.70 bits per heavy atom. The topological polar surface area (TPSA) is 66.5 Å². The molecule has 4 rings (SSSR count). The van der Waals surface area contributed by atoms with Gasteiger partial charge in [0, 0.05) is 29.8 Å². The molecule has 0 radical (unpaired) electrons. The van der Waals surface area contributed by atoms with Gasteiger partial charge in [-0.15, -0.1) is 0 Å². The number of hydrogen-bond acceptors (Lipinski definition) is 3. The average molecular weight is 388 g/mol. The SMILES string of the molecule is O=C(c1ccc(S(=O)(=O)NC2CC2)cc1)N(Cc1ccccc1F)C1CC1. The molecule has 2 saturated carbocycles. The van der Waals surface area contributed by atoms with Crippen LogP contribution in [0.4, 0.5) is 4.39 Å². The molecule has 1 N–H and O–H groups in total. The van der Waals surface area contributed by atoms with Crippen molar-refractivity contribution in [2.75, 3.05) is 0 Å². The van der Waals surface area contributed by atoms with Crippen molar-refractivity contribution in [1.82, 2.24) is 9.62 Å². The quantitative estimate of drug-likeness (QED) is 0.793. The van der Waals surface area contributed by atoms with Crippen LogP contribution >= 0.6 is 0 Å². The van der Waals surface area contributed by atoms with Crippen LogP contribution in [0.25, 0.3) is 0 Å². The zero-order valence-electron chi connectivity index (χ0n) is 14.8. The summed E-state index contributed by atoms with van der Waals surface area (Å²) in [5.41, 5.74) is 0.884. The summed E-state index contributed by atoms with van der Waals surface area (Å²) >= 11 is 0. The first-order valence-corrected chi connectivity index (χ1v) is 10.6. The normalized spacial score (nSPS) is 16.9. The van der Waals surface area contributed by atoms with E-state index in [1.54, 1.807) is 23.1 Å². The minimum absolute atomic E-state index is 0.0300. The molecule has 1 amide bonds. The molecule has 0 spiro atoms. The Morgan fingerprint density at radius 3 is 2.30 bits per heavy atom. The van der Waals surface area contributed by atoms with Gasteiger partial charge >= 0.3 is 0 Å². The lowest BCUT2D eigenvalue weighted by atomic mass is 10.1. The number of amides is 1. The first-order valence-electron chi connectivity index (χ1n) is 9.11. The van der Waals surface area contributed by atoms with Crippen LogP contribution in [0.5, 0.6) is 0 Å². The fourth-order valence-electron chi connectivity index (χ4n) is 2.99. The van der Waals surface area contributed by atoms with Crippen molar-refractivity contribution < 1.29 is 17.6 Å². The zero-order valence-corrected chi connectivity index (χ0v) is 15.6. The third-order valence-corrected chi connectivity index (χ3v) is 6.39. The Hall–Kier alpha value is -2.25. The van der Waals surface area contributed by atoms with Gasteiger partial charge in [0.2, 0.25) is 10.0 Å². The van der Waals surface area contributed by atoms with E-state index in [2.05, 4.69) is 4.72 Å². The molecular formula is C20H21FN2O3S. The molecule has 0 aliphatic heterocycles. The average Bonchev–Trinajstić information content (AvgIpc) is 3.55. The van der Waals surface area contributed by atoms with E-state index in [-0.39, 0.29) is 35.2 Å². The van der Waals surface area contributed by atoms with E-state index >= 15 is 0 Å². The number of nitrogens with zero attached hydrogens (tertiary/aromatic N) is 1. The molecule has 0 aromatic heterocycles. The summed E-state index contributed by atoms with van der Waals surface area (Å²) in [4.78, 5) is 14.8. The molecular weight excluding hydrogens is 367 g/mol. The molecule has 142 valence electrons. The van der Waals surface area contributed by atoms with E-state index < -0.39 is 10.0 Å². The number of nitrogens with one attached hydrogen (secondary N) is 1. The number of benzene rings is 2. The maximum absolute atomic E-state index is 14.0. The van der Waals surface area contributed by atoms with Crippen LogP contribution in [0.2, 0.25) is 0 Å². The van der Waals surface area contributed by atoms with Gasteiger partial charge in [-0.3, -0.25) is 4.79 Å². The second kappa shape index (κ2) is 7.05. The smallest absolute Gasteiger partial charge is 0.254 e. The highest BCUT2D eigenvalue weighted by Crippen LogP contribution is 2.30. The van der Waals surface area contributed by atoms with Crippen LogP contribution in [-0.2, 0) is 16.6 Å². The van der Waals surface area contributed by atoms with Crippen molar-refractivity contribution in [2.45, 2.75) is 49.2 Å². The van der Waals surface area contributed by atoms with Gasteiger partial charge in [0.1, 0.15) is 5.82 Å². The lowest BCUT2D eigenvalue weighted by molar-refractivity contribution is 0.0728. The summed E-state index contributed by atoms with van der Waals surface area (Å²) in [5.74, 6) is -0.539. The molecule has 2 aromatic carbocycles. The first kappa shape index (κ1) is 18.1. The zero-order chi connectivity index (χ0) is 19.0. The summed E-state index contributed by atoms with van der Waals surface area (Å²) in [6.07, 6.45) is 3.53. The van der Waals surface area contributed by atoms with E-state index in [4.69, 9.17) is 0 Å². The first-order chi connectivity index (χ1) is 12.9. The Bertz CT molecular complexity index is 951. The minimum atomic E-state index is -3.54. The van der Waals surface area contributed by atoms with Crippen LogP contribution in [0.3, 0.4) is 0 Å². The fourth-order valence-corrected chi connectivity index (χ4v) is 4.30. The minimum Gasteiger partial charge on any atom is -0.331 e. The number of halogens is 1. The summed E-state index contributed by atoms with van der Waals surface area (Å²) < 4.78 is 41.1. The fraction of sp³-hybridized carbons (Fsp3) is 0.350. The highest BCUT2D eigenvalue weighted by Gasteiger charge is 2.34. The van der Waals surface area contributed by atoms with Crippen LogP contribution < -0.4 is 4.72 Å². The molecule has 2 aromatic rings. The summed E-state index contributed by atoms with van der Waals surface area (Å²) in [6, 6.07) is 12.5. The Morgan fingerprint density at radius 1 is 1.04 bits per heavy atom. The molecule has 7 heteroatoms. The monoisotopic (exact) mass is 388 g/mol. The van der Waals surface area contributed by atoms with Gasteiger partial charge in [0.25, 0.3) is 5.91 Å². The van der Waals surface area contributed by atoms with Gasteiger partial charge < -0.3 is 4.90 Å².